The van der Waals surface area contributed by atoms with Crippen LogP contribution in [-0.4, -0.2) is 36.8 Å². The van der Waals surface area contributed by atoms with Crippen molar-refractivity contribution >= 4 is 0 Å². The molecule has 5 atom stereocenters. The zero-order valence-electron chi connectivity index (χ0n) is 24.4. The predicted molar refractivity (Wildman–Crippen MR) is 159 cm³/mol. The van der Waals surface area contributed by atoms with Gasteiger partial charge in [0, 0.05) is 6.42 Å². The van der Waals surface area contributed by atoms with Gasteiger partial charge in [0.15, 0.2) is 5.79 Å². The first-order valence-electron chi connectivity index (χ1n) is 14.9. The summed E-state index contributed by atoms with van der Waals surface area (Å²) in [5, 5.41) is 0. The minimum Gasteiger partial charge on any atom is -0.368 e. The number of hydrogen-bond donors (Lipinski definition) is 0. The van der Waals surface area contributed by atoms with E-state index in [2.05, 4.69) is 57.2 Å². The molecule has 216 valence electrons. The number of ether oxygens (including phenoxy) is 5. The maximum Gasteiger partial charge on any atom is 0.197 e. The summed E-state index contributed by atoms with van der Waals surface area (Å²) in [6, 6.07) is 30.8. The fourth-order valence-electron chi connectivity index (χ4n) is 5.27. The van der Waals surface area contributed by atoms with Crippen LogP contribution >= 0.6 is 0 Å². The molecule has 1 heterocycles. The van der Waals surface area contributed by atoms with E-state index >= 15 is 0 Å². The van der Waals surface area contributed by atoms with Crippen molar-refractivity contribution in [1.29, 1.82) is 0 Å². The highest BCUT2D eigenvalue weighted by atomic mass is 16.7. The van der Waals surface area contributed by atoms with Gasteiger partial charge in [-0.15, -0.1) is 0 Å². The lowest BCUT2D eigenvalue weighted by atomic mass is 9.88. The number of hydrogen-bond acceptors (Lipinski definition) is 5. The zero-order chi connectivity index (χ0) is 28.0. The lowest BCUT2D eigenvalue weighted by Crippen LogP contribution is -2.66. The molecule has 5 nitrogen and oxygen atoms in total. The quantitative estimate of drug-likeness (QED) is 0.171. The number of benzene rings is 3. The van der Waals surface area contributed by atoms with E-state index in [-0.39, 0.29) is 12.2 Å². The highest BCUT2D eigenvalue weighted by Crippen LogP contribution is 2.40. The highest BCUT2D eigenvalue weighted by molar-refractivity contribution is 5.16. The van der Waals surface area contributed by atoms with Gasteiger partial charge >= 0.3 is 0 Å². The Morgan fingerprint density at radius 3 is 1.60 bits per heavy atom. The molecular formula is C35H46O5. The maximum absolute atomic E-state index is 6.85. The van der Waals surface area contributed by atoms with Crippen molar-refractivity contribution in [3.05, 3.63) is 108 Å². The third-order valence-electron chi connectivity index (χ3n) is 7.47. The van der Waals surface area contributed by atoms with Crippen LogP contribution in [0.3, 0.4) is 0 Å². The Morgan fingerprint density at radius 1 is 0.625 bits per heavy atom. The molecule has 0 radical (unpaired) electrons. The van der Waals surface area contributed by atoms with Gasteiger partial charge in [-0.3, -0.25) is 0 Å². The lowest BCUT2D eigenvalue weighted by Gasteiger charge is -2.52. The second-order valence-electron chi connectivity index (χ2n) is 10.7. The molecule has 1 fully saturated rings. The Bertz CT molecular complexity index is 1080. The first-order valence-corrected chi connectivity index (χ1v) is 14.9. The van der Waals surface area contributed by atoms with Gasteiger partial charge in [-0.2, -0.15) is 0 Å². The standard InChI is InChI=1S/C35H46O5/c1-4-6-23-35(39-24-7-5-2)34(38-27-31-21-15-10-16-22-31)33(37-26-30-19-13-9-14-20-30)32(28(3)40-35)36-25-29-17-11-8-12-18-29/h8-22,28,32-34H,4-7,23-27H2,1-3H3/t28-,32+,33+,34-,35+/m0/s1. The van der Waals surface area contributed by atoms with E-state index in [0.29, 0.717) is 26.4 Å². The second kappa shape index (κ2) is 16.0. The minimum atomic E-state index is -0.923. The fourth-order valence-corrected chi connectivity index (χ4v) is 5.27. The lowest BCUT2D eigenvalue weighted by molar-refractivity contribution is -0.379. The van der Waals surface area contributed by atoms with Crippen LogP contribution in [-0.2, 0) is 43.5 Å². The first kappa shape index (κ1) is 30.4. The summed E-state index contributed by atoms with van der Waals surface area (Å²) in [5.74, 6) is -0.923. The topological polar surface area (TPSA) is 46.2 Å². The molecule has 5 heteroatoms. The van der Waals surface area contributed by atoms with E-state index in [0.717, 1.165) is 48.8 Å². The van der Waals surface area contributed by atoms with Crippen molar-refractivity contribution in [2.24, 2.45) is 0 Å². The van der Waals surface area contributed by atoms with Crippen LogP contribution in [0.1, 0.15) is 69.6 Å². The van der Waals surface area contributed by atoms with E-state index in [9.17, 15) is 0 Å². The molecule has 1 saturated heterocycles. The van der Waals surface area contributed by atoms with Crippen LogP contribution in [0, 0.1) is 0 Å². The van der Waals surface area contributed by atoms with Crippen molar-refractivity contribution in [3.8, 4) is 0 Å². The Kier molecular flexibility index (Phi) is 12.2. The number of rotatable bonds is 16. The molecule has 0 spiro atoms. The summed E-state index contributed by atoms with van der Waals surface area (Å²) in [5.41, 5.74) is 3.32. The van der Waals surface area contributed by atoms with Crippen LogP contribution in [0.25, 0.3) is 0 Å². The van der Waals surface area contributed by atoms with Crippen molar-refractivity contribution in [2.45, 2.75) is 103 Å². The third-order valence-corrected chi connectivity index (χ3v) is 7.47. The van der Waals surface area contributed by atoms with Crippen molar-refractivity contribution in [2.75, 3.05) is 6.61 Å². The largest absolute Gasteiger partial charge is 0.368 e. The van der Waals surface area contributed by atoms with Crippen LogP contribution < -0.4 is 0 Å². The van der Waals surface area contributed by atoms with Crippen LogP contribution in [0.4, 0.5) is 0 Å². The van der Waals surface area contributed by atoms with Gasteiger partial charge in [-0.25, -0.2) is 0 Å². The van der Waals surface area contributed by atoms with Crippen molar-refractivity contribution in [1.82, 2.24) is 0 Å². The fraction of sp³-hybridized carbons (Fsp3) is 0.486. The molecule has 1 aliphatic heterocycles. The van der Waals surface area contributed by atoms with Crippen LogP contribution in [0.5, 0.6) is 0 Å². The molecule has 0 N–H and O–H groups in total. The summed E-state index contributed by atoms with van der Waals surface area (Å²) in [6.45, 7) is 8.41. The number of unbranched alkanes of at least 4 members (excludes halogenated alkanes) is 2. The van der Waals surface area contributed by atoms with Gasteiger partial charge in [0.05, 0.1) is 32.5 Å². The Balaban J connectivity index is 1.67. The van der Waals surface area contributed by atoms with Gasteiger partial charge in [0.2, 0.25) is 0 Å². The molecule has 0 aliphatic carbocycles. The zero-order valence-corrected chi connectivity index (χ0v) is 24.4. The second-order valence-corrected chi connectivity index (χ2v) is 10.7. The highest BCUT2D eigenvalue weighted by Gasteiger charge is 2.56. The van der Waals surface area contributed by atoms with Crippen molar-refractivity contribution < 1.29 is 23.7 Å². The van der Waals surface area contributed by atoms with E-state index < -0.39 is 18.0 Å². The monoisotopic (exact) mass is 546 g/mol. The van der Waals surface area contributed by atoms with E-state index in [1.165, 1.54) is 0 Å². The molecule has 0 bridgehead atoms. The normalized spacial score (nSPS) is 24.7. The summed E-state index contributed by atoms with van der Waals surface area (Å²) in [7, 11) is 0. The molecule has 4 rings (SSSR count). The molecule has 0 amide bonds. The summed E-state index contributed by atoms with van der Waals surface area (Å²) in [4.78, 5) is 0. The van der Waals surface area contributed by atoms with Crippen molar-refractivity contribution in [3.63, 3.8) is 0 Å². The minimum absolute atomic E-state index is 0.250. The summed E-state index contributed by atoms with van der Waals surface area (Å²) >= 11 is 0. The SMILES string of the molecule is CCCCO[C@]1(CCCC)O[C@@H](C)[C@@H](OCc2ccccc2)[C@@H](OCc2ccccc2)[C@@H]1OCc1ccccc1. The van der Waals surface area contributed by atoms with E-state index in [1.807, 2.05) is 54.6 Å². The van der Waals surface area contributed by atoms with Gasteiger partial charge in [-0.05, 0) is 36.5 Å². The molecule has 0 saturated carbocycles. The Hall–Kier alpha value is -2.54. The van der Waals surface area contributed by atoms with Gasteiger partial charge in [-0.1, -0.05) is 118 Å². The first-order chi connectivity index (χ1) is 19.6. The maximum atomic E-state index is 6.85. The van der Waals surface area contributed by atoms with Gasteiger partial charge in [0.1, 0.15) is 18.3 Å². The molecule has 3 aromatic rings. The van der Waals surface area contributed by atoms with Crippen LogP contribution in [0.15, 0.2) is 91.0 Å². The third kappa shape index (κ3) is 8.48. The van der Waals surface area contributed by atoms with Gasteiger partial charge < -0.3 is 23.7 Å². The van der Waals surface area contributed by atoms with Crippen LogP contribution in [0.2, 0.25) is 0 Å². The average Bonchev–Trinajstić information content (AvgIpc) is 2.99. The molecule has 3 aromatic carbocycles. The predicted octanol–water partition coefficient (Wildman–Crippen LogP) is 7.86. The van der Waals surface area contributed by atoms with E-state index in [4.69, 9.17) is 23.7 Å². The van der Waals surface area contributed by atoms with Gasteiger partial charge in [0.25, 0.3) is 0 Å². The Labute approximate surface area is 240 Å². The average molecular weight is 547 g/mol. The smallest absolute Gasteiger partial charge is 0.197 e. The molecular weight excluding hydrogens is 500 g/mol. The molecule has 0 aromatic heterocycles. The van der Waals surface area contributed by atoms with E-state index in [1.54, 1.807) is 0 Å². The molecule has 1 aliphatic rings. The molecule has 40 heavy (non-hydrogen) atoms. The summed E-state index contributed by atoms with van der Waals surface area (Å²) < 4.78 is 33.7. The summed E-state index contributed by atoms with van der Waals surface area (Å²) in [6.07, 6.45) is 3.27. The molecule has 0 unspecified atom stereocenters. The Morgan fingerprint density at radius 2 is 1.10 bits per heavy atom.